The molecule has 0 aliphatic carbocycles. The second-order valence-electron chi connectivity index (χ2n) is 5.44. The number of nitrogens with one attached hydrogen (secondary N) is 2. The number of methoxy groups -OCH3 is 1. The molecule has 0 saturated heterocycles. The highest BCUT2D eigenvalue weighted by Crippen LogP contribution is 2.17. The van der Waals surface area contributed by atoms with E-state index in [1.165, 1.54) is 6.07 Å². The Morgan fingerprint density at radius 2 is 1.77 bits per heavy atom. The van der Waals surface area contributed by atoms with E-state index in [0.717, 1.165) is 28.2 Å². The van der Waals surface area contributed by atoms with Crippen LogP contribution in [-0.4, -0.2) is 26.4 Å². The van der Waals surface area contributed by atoms with Gasteiger partial charge in [-0.05, 0) is 35.6 Å². The lowest BCUT2D eigenvalue weighted by atomic mass is 10.1. The van der Waals surface area contributed by atoms with Crippen molar-refractivity contribution in [2.45, 2.75) is 18.8 Å². The fraction of sp³-hybridized carbons (Fsp3) is 0.316. The molecule has 0 unspecified atom stereocenters. The number of ether oxygens (including phenoxy) is 1. The molecule has 0 aromatic heterocycles. The summed E-state index contributed by atoms with van der Waals surface area (Å²) in [6.07, 6.45) is 2.01. The molecular formula is C19H25FIN3OS. The van der Waals surface area contributed by atoms with E-state index < -0.39 is 0 Å². The van der Waals surface area contributed by atoms with Crippen LogP contribution in [0.5, 0.6) is 5.75 Å². The maximum atomic E-state index is 13.4. The molecule has 0 heterocycles. The average molecular weight is 489 g/mol. The van der Waals surface area contributed by atoms with E-state index in [1.54, 1.807) is 32.0 Å². The van der Waals surface area contributed by atoms with Crippen molar-refractivity contribution in [3.63, 3.8) is 0 Å². The maximum Gasteiger partial charge on any atom is 0.191 e. The van der Waals surface area contributed by atoms with Gasteiger partial charge in [-0.25, -0.2) is 4.39 Å². The molecule has 2 N–H and O–H groups in total. The van der Waals surface area contributed by atoms with Gasteiger partial charge in [-0.15, -0.1) is 24.0 Å². The first-order chi connectivity index (χ1) is 12.2. The summed E-state index contributed by atoms with van der Waals surface area (Å²) in [7, 11) is 3.39. The number of thioether (sulfide) groups is 1. The van der Waals surface area contributed by atoms with Crippen LogP contribution >= 0.6 is 35.7 Å². The number of guanidine groups is 1. The molecule has 2 rings (SSSR count). The standard InChI is InChI=1S/C19H24FN3OS.HI/c1-21-19(23-12-15-6-4-5-7-18(15)24-2)22-11-14-8-9-17(20)10-16(14)13-25-3;/h4-10H,11-13H2,1-3H3,(H2,21,22,23);1H. The zero-order valence-corrected chi connectivity index (χ0v) is 18.4. The third-order valence-electron chi connectivity index (χ3n) is 3.78. The van der Waals surface area contributed by atoms with Crippen LogP contribution in [-0.2, 0) is 18.8 Å². The van der Waals surface area contributed by atoms with Crippen molar-refractivity contribution in [2.75, 3.05) is 20.4 Å². The summed E-state index contributed by atoms with van der Waals surface area (Å²) >= 11 is 1.68. The quantitative estimate of drug-likeness (QED) is 0.348. The molecule has 0 fully saturated rings. The van der Waals surface area contributed by atoms with Crippen LogP contribution < -0.4 is 15.4 Å². The highest BCUT2D eigenvalue weighted by atomic mass is 127. The van der Waals surface area contributed by atoms with Gasteiger partial charge in [0.2, 0.25) is 0 Å². The highest BCUT2D eigenvalue weighted by Gasteiger charge is 2.07. The molecule has 0 spiro atoms. The van der Waals surface area contributed by atoms with E-state index in [0.29, 0.717) is 19.0 Å². The van der Waals surface area contributed by atoms with Crippen molar-refractivity contribution >= 4 is 41.7 Å². The Morgan fingerprint density at radius 1 is 1.08 bits per heavy atom. The molecule has 0 atom stereocenters. The number of hydrogen-bond acceptors (Lipinski definition) is 3. The summed E-state index contributed by atoms with van der Waals surface area (Å²) in [4.78, 5) is 4.24. The largest absolute Gasteiger partial charge is 0.496 e. The van der Waals surface area contributed by atoms with E-state index >= 15 is 0 Å². The lowest BCUT2D eigenvalue weighted by Gasteiger charge is -2.15. The summed E-state index contributed by atoms with van der Waals surface area (Å²) in [5.74, 6) is 2.10. The van der Waals surface area contributed by atoms with E-state index in [4.69, 9.17) is 4.74 Å². The molecule has 142 valence electrons. The van der Waals surface area contributed by atoms with Crippen molar-refractivity contribution in [3.8, 4) is 5.75 Å². The second-order valence-corrected chi connectivity index (χ2v) is 6.30. The van der Waals surface area contributed by atoms with Gasteiger partial charge < -0.3 is 15.4 Å². The minimum absolute atomic E-state index is 0. The molecule has 2 aromatic rings. The molecule has 0 bridgehead atoms. The summed E-state index contributed by atoms with van der Waals surface area (Å²) in [5, 5.41) is 6.55. The number of halogens is 2. The Hall–Kier alpha value is -1.48. The van der Waals surface area contributed by atoms with Gasteiger partial charge in [0.25, 0.3) is 0 Å². The minimum atomic E-state index is -0.202. The van der Waals surface area contributed by atoms with Crippen molar-refractivity contribution in [1.29, 1.82) is 0 Å². The van der Waals surface area contributed by atoms with Crippen LogP contribution in [0.25, 0.3) is 0 Å². The van der Waals surface area contributed by atoms with Crippen molar-refractivity contribution in [3.05, 3.63) is 65.0 Å². The van der Waals surface area contributed by atoms with Crippen LogP contribution in [0.3, 0.4) is 0 Å². The van der Waals surface area contributed by atoms with Crippen LogP contribution in [0.15, 0.2) is 47.5 Å². The first-order valence-electron chi connectivity index (χ1n) is 8.00. The molecule has 2 aromatic carbocycles. The van der Waals surface area contributed by atoms with Crippen molar-refractivity contribution in [1.82, 2.24) is 10.6 Å². The topological polar surface area (TPSA) is 45.7 Å². The van der Waals surface area contributed by atoms with E-state index in [-0.39, 0.29) is 29.8 Å². The third-order valence-corrected chi connectivity index (χ3v) is 4.38. The van der Waals surface area contributed by atoms with Crippen LogP contribution in [0.2, 0.25) is 0 Å². The zero-order chi connectivity index (χ0) is 18.1. The average Bonchev–Trinajstić information content (AvgIpc) is 2.63. The van der Waals surface area contributed by atoms with E-state index in [2.05, 4.69) is 15.6 Å². The summed E-state index contributed by atoms with van der Waals surface area (Å²) in [6.45, 7) is 1.19. The molecule has 0 aliphatic heterocycles. The van der Waals surface area contributed by atoms with Gasteiger partial charge in [0, 0.05) is 31.5 Å². The molecule has 0 amide bonds. The lowest BCUT2D eigenvalue weighted by molar-refractivity contribution is 0.409. The third kappa shape index (κ3) is 6.68. The molecule has 26 heavy (non-hydrogen) atoms. The Labute approximate surface area is 176 Å². The van der Waals surface area contributed by atoms with Gasteiger partial charge in [0.1, 0.15) is 11.6 Å². The first-order valence-corrected chi connectivity index (χ1v) is 9.40. The van der Waals surface area contributed by atoms with E-state index in [1.807, 2.05) is 36.6 Å². The summed E-state index contributed by atoms with van der Waals surface area (Å²) in [6, 6.07) is 12.8. The number of nitrogens with zero attached hydrogens (tertiary/aromatic N) is 1. The summed E-state index contributed by atoms with van der Waals surface area (Å²) < 4.78 is 18.8. The first kappa shape index (κ1) is 22.6. The minimum Gasteiger partial charge on any atom is -0.496 e. The Bertz CT molecular complexity index is 728. The predicted molar refractivity (Wildman–Crippen MR) is 119 cm³/mol. The number of rotatable bonds is 7. The fourth-order valence-electron chi connectivity index (χ4n) is 2.48. The van der Waals surface area contributed by atoms with Crippen LogP contribution in [0.1, 0.15) is 16.7 Å². The Balaban J connectivity index is 0.00000338. The summed E-state index contributed by atoms with van der Waals surface area (Å²) in [5.41, 5.74) is 3.12. The molecule has 0 radical (unpaired) electrons. The normalized spacial score (nSPS) is 10.8. The van der Waals surface area contributed by atoms with E-state index in [9.17, 15) is 4.39 Å². The Morgan fingerprint density at radius 3 is 2.42 bits per heavy atom. The monoisotopic (exact) mass is 489 g/mol. The zero-order valence-electron chi connectivity index (χ0n) is 15.2. The number of para-hydroxylation sites is 1. The van der Waals surface area contributed by atoms with Crippen LogP contribution in [0.4, 0.5) is 4.39 Å². The second kappa shape index (κ2) is 12.0. The van der Waals surface area contributed by atoms with Gasteiger partial charge in [-0.1, -0.05) is 24.3 Å². The smallest absolute Gasteiger partial charge is 0.191 e. The number of aliphatic imine (C=N–C) groups is 1. The fourth-order valence-corrected chi connectivity index (χ4v) is 3.06. The van der Waals surface area contributed by atoms with Crippen molar-refractivity contribution < 1.29 is 9.13 Å². The maximum absolute atomic E-state index is 13.4. The van der Waals surface area contributed by atoms with Gasteiger partial charge in [-0.3, -0.25) is 4.99 Å². The molecule has 0 aliphatic rings. The highest BCUT2D eigenvalue weighted by molar-refractivity contribution is 14.0. The molecule has 0 saturated carbocycles. The number of benzene rings is 2. The van der Waals surface area contributed by atoms with Crippen molar-refractivity contribution in [2.24, 2.45) is 4.99 Å². The van der Waals surface area contributed by atoms with Crippen LogP contribution in [0, 0.1) is 5.82 Å². The predicted octanol–water partition coefficient (Wildman–Crippen LogP) is 4.18. The van der Waals surface area contributed by atoms with Gasteiger partial charge in [-0.2, -0.15) is 11.8 Å². The molecule has 4 nitrogen and oxygen atoms in total. The molecular weight excluding hydrogens is 464 g/mol. The Kier molecular flexibility index (Phi) is 10.4. The van der Waals surface area contributed by atoms with Gasteiger partial charge in [0.05, 0.1) is 7.11 Å². The molecule has 7 heteroatoms. The van der Waals surface area contributed by atoms with Gasteiger partial charge in [0.15, 0.2) is 5.96 Å². The van der Waals surface area contributed by atoms with Gasteiger partial charge >= 0.3 is 0 Å². The number of hydrogen-bond donors (Lipinski definition) is 2. The SMILES string of the molecule is CN=C(NCc1ccc(F)cc1CSC)NCc1ccccc1OC.I. The lowest BCUT2D eigenvalue weighted by Crippen LogP contribution is -2.36.